The molecule has 0 saturated carbocycles. The third-order valence-corrected chi connectivity index (χ3v) is 1.08. The van der Waals surface area contributed by atoms with E-state index in [1.807, 2.05) is 0 Å². The van der Waals surface area contributed by atoms with Crippen molar-refractivity contribution in [1.82, 2.24) is 5.43 Å². The first kappa shape index (κ1) is 6.97. The molecule has 0 aromatic rings. The molecule has 5 nitrogen and oxygen atoms in total. The Morgan fingerprint density at radius 3 is 2.55 bits per heavy atom. The molecule has 0 radical (unpaired) electrons. The van der Waals surface area contributed by atoms with Crippen LogP contribution in [0.4, 0.5) is 0 Å². The summed E-state index contributed by atoms with van der Waals surface area (Å²) in [5, 5.41) is 20.0. The number of Topliss-reactive ketones (excluding diaryl/α,β-unsaturated/α-hetero) is 1. The van der Waals surface area contributed by atoms with E-state index >= 15 is 0 Å². The molecule has 0 saturated heterocycles. The van der Waals surface area contributed by atoms with Gasteiger partial charge < -0.3 is 0 Å². The van der Waals surface area contributed by atoms with Crippen molar-refractivity contribution in [2.75, 3.05) is 0 Å². The second-order valence-electron chi connectivity index (χ2n) is 1.71. The number of hydrazone groups is 1. The zero-order chi connectivity index (χ0) is 8.27. The van der Waals surface area contributed by atoms with Gasteiger partial charge in [0.15, 0.2) is 5.57 Å². The third kappa shape index (κ3) is 1.07. The highest BCUT2D eigenvalue weighted by atomic mass is 16.1. The highest BCUT2D eigenvalue weighted by molar-refractivity contribution is 6.37. The van der Waals surface area contributed by atoms with Gasteiger partial charge in [0.25, 0.3) is 0 Å². The van der Waals surface area contributed by atoms with Crippen molar-refractivity contribution in [3.05, 3.63) is 11.3 Å². The van der Waals surface area contributed by atoms with Crippen molar-refractivity contribution in [1.29, 1.82) is 10.5 Å². The van der Waals surface area contributed by atoms with Crippen LogP contribution in [0.3, 0.4) is 0 Å². The summed E-state index contributed by atoms with van der Waals surface area (Å²) in [5.74, 6) is -0.442. The molecule has 0 aromatic heterocycles. The number of hydrogen-bond donors (Lipinski definition) is 1. The van der Waals surface area contributed by atoms with E-state index in [1.54, 1.807) is 12.1 Å². The van der Waals surface area contributed by atoms with Gasteiger partial charge in [0, 0.05) is 0 Å². The van der Waals surface area contributed by atoms with Crippen LogP contribution in [-0.4, -0.2) is 12.0 Å². The van der Waals surface area contributed by atoms with Gasteiger partial charge in [-0.3, -0.25) is 10.2 Å². The first-order valence-corrected chi connectivity index (χ1v) is 2.67. The van der Waals surface area contributed by atoms with Crippen LogP contribution < -0.4 is 5.43 Å². The summed E-state index contributed by atoms with van der Waals surface area (Å²) >= 11 is 0. The van der Waals surface area contributed by atoms with Crippen molar-refractivity contribution >= 4 is 12.0 Å². The quantitative estimate of drug-likeness (QED) is 0.366. The minimum atomic E-state index is -0.442. The maximum absolute atomic E-state index is 10.8. The zero-order valence-electron chi connectivity index (χ0n) is 5.33. The van der Waals surface area contributed by atoms with Crippen LogP contribution in [0.2, 0.25) is 0 Å². The molecule has 11 heavy (non-hydrogen) atoms. The Balaban J connectivity index is 3.11. The number of nitriles is 2. The number of ketones is 1. The summed E-state index contributed by atoms with van der Waals surface area (Å²) in [4.78, 5) is 10.8. The Bertz CT molecular complexity index is 323. The van der Waals surface area contributed by atoms with E-state index in [1.165, 1.54) is 0 Å². The second kappa shape index (κ2) is 2.63. The number of hydrogen-bond acceptors (Lipinski definition) is 5. The third-order valence-electron chi connectivity index (χ3n) is 1.08. The zero-order valence-corrected chi connectivity index (χ0v) is 5.33. The van der Waals surface area contributed by atoms with Crippen LogP contribution in [-0.2, 0) is 4.79 Å². The number of nitrogens with one attached hydrogen (secondary N) is 1. The number of rotatable bonds is 0. The normalized spacial score (nSPS) is 13.6. The lowest BCUT2D eigenvalue weighted by atomic mass is 10.2. The molecule has 0 amide bonds. The lowest BCUT2D eigenvalue weighted by molar-refractivity contribution is -0.109. The van der Waals surface area contributed by atoms with Crippen LogP contribution in [0.5, 0.6) is 0 Å². The molecule has 1 rings (SSSR count). The fraction of sp³-hybridized carbons (Fsp3) is 0. The molecule has 0 bridgehead atoms. The van der Waals surface area contributed by atoms with Crippen molar-refractivity contribution in [3.8, 4) is 12.1 Å². The summed E-state index contributed by atoms with van der Waals surface area (Å²) in [6, 6.07) is 3.16. The molecule has 1 N–H and O–H groups in total. The molecule has 1 aliphatic heterocycles. The molecule has 0 atom stereocenters. The minimum Gasteiger partial charge on any atom is -0.286 e. The van der Waals surface area contributed by atoms with Crippen LogP contribution in [0.25, 0.3) is 0 Å². The Hall–Kier alpha value is -2.14. The van der Waals surface area contributed by atoms with E-state index in [-0.39, 0.29) is 11.3 Å². The lowest BCUT2D eigenvalue weighted by Crippen LogP contribution is -2.09. The van der Waals surface area contributed by atoms with Crippen LogP contribution >= 0.6 is 0 Å². The summed E-state index contributed by atoms with van der Waals surface area (Å²) < 4.78 is 0. The highest BCUT2D eigenvalue weighted by Gasteiger charge is 2.17. The number of carbonyl (C=O) groups excluding carboxylic acids is 1. The molecule has 0 fully saturated rings. The first-order valence-electron chi connectivity index (χ1n) is 2.67. The molecule has 0 aromatic carbocycles. The molecule has 0 unspecified atom stereocenters. The van der Waals surface area contributed by atoms with E-state index in [4.69, 9.17) is 10.5 Å². The van der Waals surface area contributed by atoms with Crippen LogP contribution in [0, 0.1) is 22.7 Å². The van der Waals surface area contributed by atoms with Gasteiger partial charge in [-0.2, -0.15) is 15.6 Å². The highest BCUT2D eigenvalue weighted by Crippen LogP contribution is 2.03. The van der Waals surface area contributed by atoms with Crippen molar-refractivity contribution < 1.29 is 4.79 Å². The molecule has 0 aliphatic carbocycles. The van der Waals surface area contributed by atoms with Gasteiger partial charge in [-0.15, -0.1) is 0 Å². The molecule has 1 heterocycles. The number of allylic oxidation sites excluding steroid dienone is 2. The predicted octanol–water partition coefficient (Wildman–Crippen LogP) is -0.554. The van der Waals surface area contributed by atoms with Crippen molar-refractivity contribution in [2.24, 2.45) is 5.10 Å². The minimum absolute atomic E-state index is 0.0463. The molecule has 5 heteroatoms. The smallest absolute Gasteiger partial charge is 0.225 e. The Labute approximate surface area is 62.2 Å². The average molecular weight is 146 g/mol. The lowest BCUT2D eigenvalue weighted by Gasteiger charge is -1.90. The van der Waals surface area contributed by atoms with E-state index in [2.05, 4.69) is 10.5 Å². The fourth-order valence-electron chi connectivity index (χ4n) is 0.591. The first-order chi connectivity index (χ1) is 5.29. The summed E-state index contributed by atoms with van der Waals surface area (Å²) in [5.41, 5.74) is 1.97. The largest absolute Gasteiger partial charge is 0.286 e. The van der Waals surface area contributed by atoms with Gasteiger partial charge in [0.2, 0.25) is 5.78 Å². The summed E-state index contributed by atoms with van der Waals surface area (Å²) in [6.07, 6.45) is 1.02. The molecule has 52 valence electrons. The summed E-state index contributed by atoms with van der Waals surface area (Å²) in [7, 11) is 0. The van der Waals surface area contributed by atoms with Crippen LogP contribution in [0.1, 0.15) is 0 Å². The SMILES string of the molecule is N#CC(C#N)=C1NN=CC1=O. The Morgan fingerprint density at radius 2 is 2.18 bits per heavy atom. The number of carbonyl (C=O) groups is 1. The van der Waals surface area contributed by atoms with Gasteiger partial charge in [0.05, 0.1) is 6.21 Å². The number of nitrogens with zero attached hydrogens (tertiary/aromatic N) is 3. The topological polar surface area (TPSA) is 89.0 Å². The van der Waals surface area contributed by atoms with Gasteiger partial charge in [-0.25, -0.2) is 0 Å². The monoisotopic (exact) mass is 146 g/mol. The summed E-state index contributed by atoms with van der Waals surface area (Å²) in [6.45, 7) is 0. The van der Waals surface area contributed by atoms with Crippen molar-refractivity contribution in [3.63, 3.8) is 0 Å². The Morgan fingerprint density at radius 1 is 1.55 bits per heavy atom. The van der Waals surface area contributed by atoms with E-state index in [0.717, 1.165) is 6.21 Å². The van der Waals surface area contributed by atoms with E-state index < -0.39 is 5.78 Å². The molecule has 1 aliphatic rings. The Kier molecular flexibility index (Phi) is 1.67. The maximum Gasteiger partial charge on any atom is 0.225 e. The van der Waals surface area contributed by atoms with Gasteiger partial charge in [-0.1, -0.05) is 0 Å². The van der Waals surface area contributed by atoms with Gasteiger partial charge >= 0.3 is 0 Å². The van der Waals surface area contributed by atoms with Gasteiger partial charge in [0.1, 0.15) is 17.8 Å². The van der Waals surface area contributed by atoms with Crippen molar-refractivity contribution in [2.45, 2.75) is 0 Å². The standard InChI is InChI=1S/C6H2N4O/c7-1-4(2-8)6-5(11)3-9-10-6/h3,10H. The second-order valence-corrected chi connectivity index (χ2v) is 1.71. The predicted molar refractivity (Wildman–Crippen MR) is 34.9 cm³/mol. The van der Waals surface area contributed by atoms with Gasteiger partial charge in [-0.05, 0) is 0 Å². The fourth-order valence-corrected chi connectivity index (χ4v) is 0.591. The van der Waals surface area contributed by atoms with E-state index in [9.17, 15) is 4.79 Å². The maximum atomic E-state index is 10.8. The molecular formula is C6H2N4O. The molecule has 0 spiro atoms. The average Bonchev–Trinajstić information content (AvgIpc) is 2.40. The molecular weight excluding hydrogens is 144 g/mol. The van der Waals surface area contributed by atoms with E-state index in [0.29, 0.717) is 0 Å². The van der Waals surface area contributed by atoms with Crippen LogP contribution in [0.15, 0.2) is 16.4 Å².